The van der Waals surface area contributed by atoms with Gasteiger partial charge in [0.2, 0.25) is 0 Å². The average molecular weight is 326 g/mol. The Balaban J connectivity index is 1.89. The van der Waals surface area contributed by atoms with E-state index in [0.717, 1.165) is 24.9 Å². The van der Waals surface area contributed by atoms with E-state index in [1.165, 1.54) is 28.4 Å². The van der Waals surface area contributed by atoms with E-state index in [-0.39, 0.29) is 5.41 Å². The van der Waals surface area contributed by atoms with Gasteiger partial charge in [-0.3, -0.25) is 0 Å². The van der Waals surface area contributed by atoms with E-state index in [2.05, 4.69) is 61.1 Å². The van der Waals surface area contributed by atoms with Gasteiger partial charge in [0.25, 0.3) is 0 Å². The molecule has 0 radical (unpaired) electrons. The number of halogens is 1. The molecular weight excluding hydrogens is 302 g/mol. The number of rotatable bonds is 6. The summed E-state index contributed by atoms with van der Waals surface area (Å²) >= 11 is 3.59. The third-order valence-corrected chi connectivity index (χ3v) is 4.74. The molecule has 0 amide bonds. The van der Waals surface area contributed by atoms with Crippen LogP contribution in [0.15, 0.2) is 16.6 Å². The Labute approximate surface area is 125 Å². The van der Waals surface area contributed by atoms with Gasteiger partial charge in [-0.1, -0.05) is 29.8 Å². The predicted molar refractivity (Wildman–Crippen MR) is 83.9 cm³/mol. The molecule has 0 aliphatic heterocycles. The van der Waals surface area contributed by atoms with Crippen LogP contribution < -0.4 is 10.1 Å². The minimum absolute atomic E-state index is 0.164. The molecule has 1 aliphatic rings. The molecule has 2 rings (SSSR count). The fourth-order valence-electron chi connectivity index (χ4n) is 2.03. The van der Waals surface area contributed by atoms with Crippen LogP contribution in [0.3, 0.4) is 0 Å². The summed E-state index contributed by atoms with van der Waals surface area (Å²) < 4.78 is 7.15. The van der Waals surface area contributed by atoms with Crippen molar-refractivity contribution >= 4 is 15.9 Å². The Hall–Kier alpha value is -0.540. The molecule has 1 fully saturated rings. The maximum Gasteiger partial charge on any atom is 0.119 e. The van der Waals surface area contributed by atoms with Gasteiger partial charge in [-0.2, -0.15) is 0 Å². The lowest BCUT2D eigenvalue weighted by Crippen LogP contribution is -2.35. The van der Waals surface area contributed by atoms with Gasteiger partial charge in [0.15, 0.2) is 0 Å². The van der Waals surface area contributed by atoms with Crippen molar-refractivity contribution in [2.24, 2.45) is 5.41 Å². The van der Waals surface area contributed by atoms with Crippen molar-refractivity contribution in [3.63, 3.8) is 0 Å². The van der Waals surface area contributed by atoms with Crippen LogP contribution in [0.5, 0.6) is 5.75 Å². The van der Waals surface area contributed by atoms with Crippen molar-refractivity contribution in [2.75, 3.05) is 13.2 Å². The molecule has 0 bridgehead atoms. The van der Waals surface area contributed by atoms with E-state index in [1.807, 2.05) is 0 Å². The first kappa shape index (κ1) is 14.9. The number of ether oxygens (including phenoxy) is 1. The fourth-order valence-corrected chi connectivity index (χ4v) is 2.26. The summed E-state index contributed by atoms with van der Waals surface area (Å²) in [6.45, 7) is 10.5. The highest BCUT2D eigenvalue weighted by atomic mass is 79.9. The summed E-state index contributed by atoms with van der Waals surface area (Å²) in [6, 6.07) is 4.96. The van der Waals surface area contributed by atoms with Crippen LogP contribution in [0.1, 0.15) is 37.8 Å². The first-order chi connectivity index (χ1) is 8.87. The van der Waals surface area contributed by atoms with Crippen molar-refractivity contribution in [1.29, 1.82) is 0 Å². The monoisotopic (exact) mass is 325 g/mol. The van der Waals surface area contributed by atoms with Crippen molar-refractivity contribution in [3.8, 4) is 5.75 Å². The Morgan fingerprint density at radius 2 is 1.84 bits per heavy atom. The van der Waals surface area contributed by atoms with E-state index in [4.69, 9.17) is 4.74 Å². The Morgan fingerprint density at radius 3 is 2.37 bits per heavy atom. The van der Waals surface area contributed by atoms with E-state index >= 15 is 0 Å². The summed E-state index contributed by atoms with van der Waals surface area (Å²) in [4.78, 5) is 0. The second-order valence-corrected chi connectivity index (χ2v) is 7.27. The molecule has 1 saturated carbocycles. The number of hydrogen-bond donors (Lipinski definition) is 1. The van der Waals surface area contributed by atoms with Crippen LogP contribution in [0.25, 0.3) is 0 Å². The number of hydrogen-bond acceptors (Lipinski definition) is 2. The molecule has 1 aromatic rings. The lowest BCUT2D eigenvalue weighted by atomic mass is 9.95. The van der Waals surface area contributed by atoms with E-state index < -0.39 is 0 Å². The van der Waals surface area contributed by atoms with Gasteiger partial charge in [0.1, 0.15) is 5.75 Å². The predicted octanol–water partition coefficient (Wildman–Crippen LogP) is 4.22. The van der Waals surface area contributed by atoms with E-state index in [0.29, 0.717) is 0 Å². The summed E-state index contributed by atoms with van der Waals surface area (Å²) in [5.41, 5.74) is 2.62. The Morgan fingerprint density at radius 1 is 1.26 bits per heavy atom. The fraction of sp³-hybridized carbons (Fsp3) is 0.625. The normalized spacial score (nSPS) is 15.6. The molecule has 1 aromatic carbocycles. The molecule has 3 heteroatoms. The van der Waals surface area contributed by atoms with Gasteiger partial charge in [-0.15, -0.1) is 0 Å². The summed E-state index contributed by atoms with van der Waals surface area (Å²) in [5, 5.41) is 3.58. The molecule has 0 heterocycles. The minimum Gasteiger partial charge on any atom is -0.493 e. The van der Waals surface area contributed by atoms with Gasteiger partial charge in [0.05, 0.1) is 6.61 Å². The Bertz CT molecular complexity index is 429. The minimum atomic E-state index is 0.164. The van der Waals surface area contributed by atoms with Crippen molar-refractivity contribution < 1.29 is 4.74 Å². The van der Waals surface area contributed by atoms with Crippen LogP contribution in [0.4, 0.5) is 0 Å². The average Bonchev–Trinajstić information content (AvgIpc) is 3.15. The lowest BCUT2D eigenvalue weighted by Gasteiger charge is -2.25. The molecular formula is C16H24BrNO. The Kier molecular flexibility index (Phi) is 4.57. The van der Waals surface area contributed by atoms with Crippen molar-refractivity contribution in [2.45, 2.75) is 46.6 Å². The molecule has 0 aromatic heterocycles. The molecule has 0 atom stereocenters. The van der Waals surface area contributed by atoms with E-state index in [9.17, 15) is 0 Å². The van der Waals surface area contributed by atoms with Gasteiger partial charge in [0, 0.05) is 22.5 Å². The van der Waals surface area contributed by atoms with Gasteiger partial charge in [-0.25, -0.2) is 0 Å². The summed E-state index contributed by atoms with van der Waals surface area (Å²) in [5.74, 6) is 0.970. The molecule has 1 N–H and O–H groups in total. The molecule has 1 aliphatic carbocycles. The highest BCUT2D eigenvalue weighted by molar-refractivity contribution is 9.10. The van der Waals surface area contributed by atoms with Crippen LogP contribution in [0.2, 0.25) is 0 Å². The summed E-state index contributed by atoms with van der Waals surface area (Å²) in [7, 11) is 0. The SMILES string of the molecule is Cc1cc(OCC(C)(C)CNC2CC2)cc(C)c1Br. The molecule has 19 heavy (non-hydrogen) atoms. The maximum absolute atomic E-state index is 5.98. The second kappa shape index (κ2) is 5.84. The zero-order valence-corrected chi connectivity index (χ0v) is 13.9. The molecule has 2 nitrogen and oxygen atoms in total. The van der Waals surface area contributed by atoms with Gasteiger partial charge >= 0.3 is 0 Å². The van der Waals surface area contributed by atoms with Crippen LogP contribution in [-0.2, 0) is 0 Å². The highest BCUT2D eigenvalue weighted by Gasteiger charge is 2.25. The number of benzene rings is 1. The van der Waals surface area contributed by atoms with Crippen LogP contribution in [-0.4, -0.2) is 19.2 Å². The third kappa shape index (κ3) is 4.50. The molecule has 106 valence electrons. The zero-order valence-electron chi connectivity index (χ0n) is 12.3. The molecule has 0 unspecified atom stereocenters. The first-order valence-electron chi connectivity index (χ1n) is 7.00. The van der Waals surface area contributed by atoms with E-state index in [1.54, 1.807) is 0 Å². The first-order valence-corrected chi connectivity index (χ1v) is 7.80. The van der Waals surface area contributed by atoms with Crippen LogP contribution in [0, 0.1) is 19.3 Å². The third-order valence-electron chi connectivity index (χ3n) is 3.49. The largest absolute Gasteiger partial charge is 0.493 e. The second-order valence-electron chi connectivity index (χ2n) is 6.48. The summed E-state index contributed by atoms with van der Waals surface area (Å²) in [6.07, 6.45) is 2.67. The standard InChI is InChI=1S/C16H24BrNO/c1-11-7-14(8-12(2)15(11)17)19-10-16(3,4)9-18-13-5-6-13/h7-8,13,18H,5-6,9-10H2,1-4H3. The van der Waals surface area contributed by atoms with Crippen LogP contribution >= 0.6 is 15.9 Å². The highest BCUT2D eigenvalue weighted by Crippen LogP contribution is 2.28. The quantitative estimate of drug-likeness (QED) is 0.845. The zero-order chi connectivity index (χ0) is 14.0. The smallest absolute Gasteiger partial charge is 0.119 e. The van der Waals surface area contributed by atoms with Crippen molar-refractivity contribution in [1.82, 2.24) is 5.32 Å². The molecule has 0 spiro atoms. The number of nitrogens with one attached hydrogen (secondary N) is 1. The van der Waals surface area contributed by atoms with Gasteiger partial charge in [-0.05, 0) is 49.9 Å². The topological polar surface area (TPSA) is 21.3 Å². The maximum atomic E-state index is 5.98. The van der Waals surface area contributed by atoms with Crippen molar-refractivity contribution in [3.05, 3.63) is 27.7 Å². The lowest BCUT2D eigenvalue weighted by molar-refractivity contribution is 0.176. The van der Waals surface area contributed by atoms with Gasteiger partial charge < -0.3 is 10.1 Å². The molecule has 0 saturated heterocycles. The number of aryl methyl sites for hydroxylation is 2.